The second-order valence-corrected chi connectivity index (χ2v) is 4.69. The summed E-state index contributed by atoms with van der Waals surface area (Å²) in [5, 5.41) is 2.91. The zero-order valence-corrected chi connectivity index (χ0v) is 12.0. The van der Waals surface area contributed by atoms with Crippen molar-refractivity contribution in [3.05, 3.63) is 29.6 Å². The Labute approximate surface area is 114 Å². The van der Waals surface area contributed by atoms with Crippen molar-refractivity contribution in [1.29, 1.82) is 0 Å². The fourth-order valence-corrected chi connectivity index (χ4v) is 1.76. The molecule has 0 bridgehead atoms. The average Bonchev–Trinajstić information content (AvgIpc) is 2.39. The summed E-state index contributed by atoms with van der Waals surface area (Å²) in [4.78, 5) is 11.9. The van der Waals surface area contributed by atoms with Gasteiger partial charge in [-0.15, -0.1) is 0 Å². The van der Waals surface area contributed by atoms with E-state index in [1.54, 1.807) is 13.0 Å². The van der Waals surface area contributed by atoms with Gasteiger partial charge in [-0.2, -0.15) is 0 Å². The summed E-state index contributed by atoms with van der Waals surface area (Å²) in [6, 6.07) is 4.47. The van der Waals surface area contributed by atoms with Crippen molar-refractivity contribution in [1.82, 2.24) is 5.32 Å². The Kier molecular flexibility index (Phi) is 5.80. The van der Waals surface area contributed by atoms with E-state index in [4.69, 9.17) is 4.74 Å². The average molecular weight is 267 g/mol. The number of rotatable bonds is 6. The summed E-state index contributed by atoms with van der Waals surface area (Å²) in [5.74, 6) is -0.127. The molecule has 0 fully saturated rings. The minimum absolute atomic E-state index is 0.159. The zero-order chi connectivity index (χ0) is 14.4. The minimum Gasteiger partial charge on any atom is -0.481 e. The smallest absolute Gasteiger partial charge is 0.260 e. The quantitative estimate of drug-likeness (QED) is 0.859. The van der Waals surface area contributed by atoms with Crippen LogP contribution in [0.3, 0.4) is 0 Å². The van der Waals surface area contributed by atoms with Crippen LogP contribution >= 0.6 is 0 Å². The molecule has 0 aliphatic heterocycles. The third-order valence-corrected chi connectivity index (χ3v) is 3.16. The highest BCUT2D eigenvalue weighted by molar-refractivity contribution is 5.81. The lowest BCUT2D eigenvalue weighted by molar-refractivity contribution is -0.128. The van der Waals surface area contributed by atoms with Crippen LogP contribution in [0.1, 0.15) is 39.2 Å². The second-order valence-electron chi connectivity index (χ2n) is 4.69. The molecule has 4 heteroatoms. The number of amides is 1. The minimum atomic E-state index is -0.638. The predicted octanol–water partition coefficient (Wildman–Crippen LogP) is 3.21. The molecule has 1 atom stereocenters. The van der Waals surface area contributed by atoms with Crippen LogP contribution in [-0.4, -0.2) is 18.1 Å². The first-order valence-corrected chi connectivity index (χ1v) is 6.71. The summed E-state index contributed by atoms with van der Waals surface area (Å²) >= 11 is 0. The Balaban J connectivity index is 2.65. The Morgan fingerprint density at radius 1 is 1.37 bits per heavy atom. The van der Waals surface area contributed by atoms with E-state index in [0.29, 0.717) is 5.75 Å². The molecule has 1 rings (SSSR count). The molecule has 19 heavy (non-hydrogen) atoms. The number of hydrogen-bond acceptors (Lipinski definition) is 2. The van der Waals surface area contributed by atoms with E-state index in [1.807, 2.05) is 20.8 Å². The highest BCUT2D eigenvalue weighted by atomic mass is 19.1. The molecule has 0 saturated carbocycles. The number of ether oxygens (including phenoxy) is 1. The number of carbonyl (C=O) groups excluding carboxylic acids is 1. The summed E-state index contributed by atoms with van der Waals surface area (Å²) < 4.78 is 18.7. The van der Waals surface area contributed by atoms with Gasteiger partial charge in [0.05, 0.1) is 0 Å². The second kappa shape index (κ2) is 7.12. The molecule has 0 saturated heterocycles. The molecule has 1 N–H and O–H groups in total. The lowest BCUT2D eigenvalue weighted by Crippen LogP contribution is -2.42. The summed E-state index contributed by atoms with van der Waals surface area (Å²) in [6.45, 7) is 7.54. The van der Waals surface area contributed by atoms with Crippen molar-refractivity contribution in [3.8, 4) is 5.75 Å². The lowest BCUT2D eigenvalue weighted by Gasteiger charge is -2.20. The van der Waals surface area contributed by atoms with E-state index < -0.39 is 6.10 Å². The van der Waals surface area contributed by atoms with Gasteiger partial charge in [-0.3, -0.25) is 4.79 Å². The Morgan fingerprint density at radius 3 is 2.58 bits per heavy atom. The largest absolute Gasteiger partial charge is 0.481 e. The first-order chi connectivity index (χ1) is 8.97. The van der Waals surface area contributed by atoms with Crippen LogP contribution in [0.4, 0.5) is 4.39 Å². The highest BCUT2D eigenvalue weighted by Crippen LogP contribution is 2.20. The van der Waals surface area contributed by atoms with Crippen LogP contribution < -0.4 is 10.1 Å². The number of hydrogen-bond donors (Lipinski definition) is 1. The number of benzene rings is 1. The van der Waals surface area contributed by atoms with Gasteiger partial charge < -0.3 is 10.1 Å². The summed E-state index contributed by atoms with van der Waals surface area (Å²) in [7, 11) is 0. The maximum atomic E-state index is 13.1. The topological polar surface area (TPSA) is 38.3 Å². The van der Waals surface area contributed by atoms with Crippen LogP contribution in [0.25, 0.3) is 0 Å². The van der Waals surface area contributed by atoms with E-state index in [9.17, 15) is 9.18 Å². The number of nitrogens with one attached hydrogen (secondary N) is 1. The first kappa shape index (κ1) is 15.5. The van der Waals surface area contributed by atoms with E-state index in [-0.39, 0.29) is 17.8 Å². The van der Waals surface area contributed by atoms with Crippen LogP contribution in [-0.2, 0) is 4.79 Å². The molecule has 0 heterocycles. The zero-order valence-electron chi connectivity index (χ0n) is 12.0. The Hall–Kier alpha value is -1.58. The summed E-state index contributed by atoms with van der Waals surface area (Å²) in [6.07, 6.45) is 1.13. The van der Waals surface area contributed by atoms with Gasteiger partial charge in [0, 0.05) is 12.1 Å². The van der Waals surface area contributed by atoms with Crippen LogP contribution in [0.5, 0.6) is 5.75 Å². The molecule has 0 spiro atoms. The number of halogens is 1. The fraction of sp³-hybridized carbons (Fsp3) is 0.533. The van der Waals surface area contributed by atoms with Crippen molar-refractivity contribution in [2.24, 2.45) is 0 Å². The highest BCUT2D eigenvalue weighted by Gasteiger charge is 2.18. The van der Waals surface area contributed by atoms with E-state index >= 15 is 0 Å². The third kappa shape index (κ3) is 4.54. The maximum Gasteiger partial charge on any atom is 0.260 e. The molecule has 0 aliphatic rings. The molecule has 0 aliphatic carbocycles. The van der Waals surface area contributed by atoms with E-state index in [2.05, 4.69) is 5.32 Å². The van der Waals surface area contributed by atoms with Gasteiger partial charge in [0.2, 0.25) is 0 Å². The van der Waals surface area contributed by atoms with Crippen molar-refractivity contribution in [3.63, 3.8) is 0 Å². The standard InChI is InChI=1S/C15H22FNO2/c1-5-13(6-2)17-15(18)11(4)19-14-9-12(16)8-7-10(14)3/h7-9,11,13H,5-6H2,1-4H3,(H,17,18). The maximum absolute atomic E-state index is 13.1. The monoisotopic (exact) mass is 267 g/mol. The van der Waals surface area contributed by atoms with Crippen LogP contribution in [0.2, 0.25) is 0 Å². The molecule has 1 amide bonds. The lowest BCUT2D eigenvalue weighted by atomic mass is 10.1. The van der Waals surface area contributed by atoms with E-state index in [1.165, 1.54) is 12.1 Å². The number of aryl methyl sites for hydroxylation is 1. The van der Waals surface area contributed by atoms with Gasteiger partial charge in [0.25, 0.3) is 5.91 Å². The first-order valence-electron chi connectivity index (χ1n) is 6.71. The molecule has 3 nitrogen and oxygen atoms in total. The molecule has 0 radical (unpaired) electrons. The van der Waals surface area contributed by atoms with Crippen molar-refractivity contribution >= 4 is 5.91 Å². The Morgan fingerprint density at radius 2 is 2.00 bits per heavy atom. The Bertz CT molecular complexity index is 430. The molecule has 1 aromatic rings. The van der Waals surface area contributed by atoms with E-state index in [0.717, 1.165) is 18.4 Å². The van der Waals surface area contributed by atoms with Gasteiger partial charge in [0.1, 0.15) is 11.6 Å². The van der Waals surface area contributed by atoms with Gasteiger partial charge in [-0.1, -0.05) is 19.9 Å². The fourth-order valence-electron chi connectivity index (χ4n) is 1.76. The van der Waals surface area contributed by atoms with Crippen LogP contribution in [0.15, 0.2) is 18.2 Å². The van der Waals surface area contributed by atoms with Gasteiger partial charge >= 0.3 is 0 Å². The third-order valence-electron chi connectivity index (χ3n) is 3.16. The molecule has 0 aromatic heterocycles. The van der Waals surface area contributed by atoms with Crippen molar-refractivity contribution < 1.29 is 13.9 Å². The van der Waals surface area contributed by atoms with Gasteiger partial charge in [-0.05, 0) is 38.3 Å². The predicted molar refractivity (Wildman–Crippen MR) is 73.7 cm³/mol. The van der Waals surface area contributed by atoms with Crippen molar-refractivity contribution in [2.45, 2.75) is 52.7 Å². The molecule has 1 unspecified atom stereocenters. The molecule has 106 valence electrons. The summed E-state index contributed by atoms with van der Waals surface area (Å²) in [5.41, 5.74) is 0.809. The van der Waals surface area contributed by atoms with Crippen molar-refractivity contribution in [2.75, 3.05) is 0 Å². The molecular weight excluding hydrogens is 245 g/mol. The molecule has 1 aromatic carbocycles. The number of carbonyl (C=O) groups is 1. The normalized spacial score (nSPS) is 12.3. The van der Waals surface area contributed by atoms with Gasteiger partial charge in [-0.25, -0.2) is 4.39 Å². The SMILES string of the molecule is CCC(CC)NC(=O)C(C)Oc1cc(F)ccc1C. The van der Waals surface area contributed by atoms with Gasteiger partial charge in [0.15, 0.2) is 6.10 Å². The molecular formula is C15H22FNO2. The van der Waals surface area contributed by atoms with Crippen LogP contribution in [0, 0.1) is 12.7 Å².